The molecule has 0 aliphatic carbocycles. The third-order valence-electron chi connectivity index (χ3n) is 3.36. The summed E-state index contributed by atoms with van der Waals surface area (Å²) in [6, 6.07) is 10.2. The van der Waals surface area contributed by atoms with Crippen LogP contribution in [0.25, 0.3) is 22.1 Å². The SMILES string of the molecule is O=C(Nc1ccc2[nH]c(=O)oc2c1)c1ccc2nc[nH]c2c1. The van der Waals surface area contributed by atoms with Crippen LogP contribution < -0.4 is 11.1 Å². The standard InChI is InChI=1S/C15H10N4O3/c20-14(8-1-3-10-12(5-8)17-7-16-10)18-9-2-4-11-13(6-9)22-15(21)19-11/h1-7H,(H,16,17)(H,18,20)(H,19,21). The van der Waals surface area contributed by atoms with E-state index in [4.69, 9.17) is 4.42 Å². The van der Waals surface area contributed by atoms with Crippen molar-refractivity contribution >= 4 is 33.7 Å². The van der Waals surface area contributed by atoms with Crippen molar-refractivity contribution in [3.05, 3.63) is 58.8 Å². The van der Waals surface area contributed by atoms with E-state index in [1.165, 1.54) is 0 Å². The van der Waals surface area contributed by atoms with Crippen LogP contribution in [-0.4, -0.2) is 20.9 Å². The number of amides is 1. The van der Waals surface area contributed by atoms with E-state index < -0.39 is 5.76 Å². The van der Waals surface area contributed by atoms with E-state index in [0.29, 0.717) is 22.4 Å². The zero-order chi connectivity index (χ0) is 15.1. The minimum absolute atomic E-state index is 0.256. The highest BCUT2D eigenvalue weighted by molar-refractivity contribution is 6.06. The van der Waals surface area contributed by atoms with Crippen LogP contribution in [0.3, 0.4) is 0 Å². The number of fused-ring (bicyclic) bond motifs is 2. The maximum absolute atomic E-state index is 12.3. The van der Waals surface area contributed by atoms with Gasteiger partial charge in [0.2, 0.25) is 0 Å². The monoisotopic (exact) mass is 294 g/mol. The predicted octanol–water partition coefficient (Wildman–Crippen LogP) is 2.25. The summed E-state index contributed by atoms with van der Waals surface area (Å²) >= 11 is 0. The number of aromatic nitrogens is 3. The molecule has 1 amide bonds. The molecule has 7 heteroatoms. The Balaban J connectivity index is 1.65. The number of carbonyl (C=O) groups is 1. The van der Waals surface area contributed by atoms with Crippen LogP contribution >= 0.6 is 0 Å². The van der Waals surface area contributed by atoms with Gasteiger partial charge in [0.05, 0.1) is 22.9 Å². The van der Waals surface area contributed by atoms with Crippen molar-refractivity contribution in [2.24, 2.45) is 0 Å². The molecule has 0 aliphatic heterocycles. The van der Waals surface area contributed by atoms with E-state index in [1.807, 2.05) is 0 Å². The molecular weight excluding hydrogens is 284 g/mol. The summed E-state index contributed by atoms with van der Waals surface area (Å²) in [6.07, 6.45) is 1.58. The van der Waals surface area contributed by atoms with Gasteiger partial charge < -0.3 is 14.7 Å². The highest BCUT2D eigenvalue weighted by atomic mass is 16.4. The van der Waals surface area contributed by atoms with Crippen molar-refractivity contribution in [3.63, 3.8) is 0 Å². The van der Waals surface area contributed by atoms with E-state index in [2.05, 4.69) is 20.3 Å². The van der Waals surface area contributed by atoms with E-state index in [1.54, 1.807) is 42.7 Å². The lowest BCUT2D eigenvalue weighted by Crippen LogP contribution is -2.11. The molecule has 0 fully saturated rings. The van der Waals surface area contributed by atoms with Gasteiger partial charge in [-0.15, -0.1) is 0 Å². The normalized spacial score (nSPS) is 11.1. The van der Waals surface area contributed by atoms with Gasteiger partial charge in [-0.3, -0.25) is 9.78 Å². The molecule has 4 aromatic rings. The van der Waals surface area contributed by atoms with Crippen LogP contribution in [0, 0.1) is 0 Å². The molecule has 4 rings (SSSR count). The maximum atomic E-state index is 12.3. The maximum Gasteiger partial charge on any atom is 0.417 e. The van der Waals surface area contributed by atoms with Gasteiger partial charge in [-0.2, -0.15) is 0 Å². The smallest absolute Gasteiger partial charge is 0.408 e. The number of benzene rings is 2. The Morgan fingerprint density at radius 2 is 2.05 bits per heavy atom. The number of rotatable bonds is 2. The molecule has 0 bridgehead atoms. The molecule has 0 radical (unpaired) electrons. The number of nitrogens with zero attached hydrogens (tertiary/aromatic N) is 1. The molecule has 0 aliphatic rings. The molecule has 3 N–H and O–H groups in total. The first-order valence-corrected chi connectivity index (χ1v) is 6.56. The summed E-state index contributed by atoms with van der Waals surface area (Å²) in [5, 5.41) is 2.77. The lowest BCUT2D eigenvalue weighted by Gasteiger charge is -2.05. The molecule has 108 valence electrons. The third kappa shape index (κ3) is 2.05. The molecule has 2 aromatic carbocycles. The largest absolute Gasteiger partial charge is 0.417 e. The number of nitrogens with one attached hydrogen (secondary N) is 3. The highest BCUT2D eigenvalue weighted by Crippen LogP contribution is 2.18. The second-order valence-electron chi connectivity index (χ2n) is 4.81. The number of anilines is 1. The number of carbonyl (C=O) groups excluding carboxylic acids is 1. The molecule has 0 spiro atoms. The molecule has 2 aromatic heterocycles. The van der Waals surface area contributed by atoms with Gasteiger partial charge in [0.25, 0.3) is 5.91 Å². The highest BCUT2D eigenvalue weighted by Gasteiger charge is 2.09. The lowest BCUT2D eigenvalue weighted by molar-refractivity contribution is 0.102. The van der Waals surface area contributed by atoms with Gasteiger partial charge in [0.15, 0.2) is 5.58 Å². The van der Waals surface area contributed by atoms with Crippen molar-refractivity contribution < 1.29 is 9.21 Å². The Hall–Kier alpha value is -3.35. The lowest BCUT2D eigenvalue weighted by atomic mass is 10.2. The van der Waals surface area contributed by atoms with Crippen molar-refractivity contribution in [3.8, 4) is 0 Å². The molecule has 22 heavy (non-hydrogen) atoms. The molecule has 0 saturated carbocycles. The second kappa shape index (κ2) is 4.59. The zero-order valence-electron chi connectivity index (χ0n) is 11.2. The van der Waals surface area contributed by atoms with Gasteiger partial charge in [-0.1, -0.05) is 0 Å². The summed E-state index contributed by atoms with van der Waals surface area (Å²) < 4.78 is 4.97. The van der Waals surface area contributed by atoms with E-state index in [0.717, 1.165) is 11.0 Å². The first-order valence-electron chi connectivity index (χ1n) is 6.56. The van der Waals surface area contributed by atoms with Crippen LogP contribution in [0.4, 0.5) is 5.69 Å². The average molecular weight is 294 g/mol. The number of hydrogen-bond acceptors (Lipinski definition) is 4. The number of imidazole rings is 1. The molecule has 0 saturated heterocycles. The van der Waals surface area contributed by atoms with Crippen LogP contribution in [0.15, 0.2) is 51.9 Å². The molecule has 2 heterocycles. The predicted molar refractivity (Wildman–Crippen MR) is 80.9 cm³/mol. The number of aromatic amines is 2. The van der Waals surface area contributed by atoms with Gasteiger partial charge in [-0.25, -0.2) is 9.78 Å². The Morgan fingerprint density at radius 3 is 2.95 bits per heavy atom. The molecule has 0 atom stereocenters. The van der Waals surface area contributed by atoms with Gasteiger partial charge in [0.1, 0.15) is 0 Å². The van der Waals surface area contributed by atoms with Crippen LogP contribution in [0.2, 0.25) is 0 Å². The Labute approximate surface area is 123 Å². The number of hydrogen-bond donors (Lipinski definition) is 3. The van der Waals surface area contributed by atoms with Gasteiger partial charge in [-0.05, 0) is 30.3 Å². The topological polar surface area (TPSA) is 104 Å². The Kier molecular flexibility index (Phi) is 2.59. The van der Waals surface area contributed by atoms with Crippen LogP contribution in [-0.2, 0) is 0 Å². The summed E-state index contributed by atoms with van der Waals surface area (Å²) in [4.78, 5) is 33.0. The van der Waals surface area contributed by atoms with Crippen molar-refractivity contribution in [2.75, 3.05) is 5.32 Å². The fourth-order valence-electron chi connectivity index (χ4n) is 2.30. The average Bonchev–Trinajstić information content (AvgIpc) is 3.10. The van der Waals surface area contributed by atoms with E-state index in [-0.39, 0.29) is 5.91 Å². The van der Waals surface area contributed by atoms with Crippen LogP contribution in [0.5, 0.6) is 0 Å². The Morgan fingerprint density at radius 1 is 1.14 bits per heavy atom. The molecular formula is C15H10N4O3. The fourth-order valence-corrected chi connectivity index (χ4v) is 2.30. The molecule has 0 unspecified atom stereocenters. The number of H-pyrrole nitrogens is 2. The van der Waals surface area contributed by atoms with Crippen LogP contribution in [0.1, 0.15) is 10.4 Å². The zero-order valence-corrected chi connectivity index (χ0v) is 11.2. The number of oxazole rings is 1. The summed E-state index contributed by atoms with van der Waals surface area (Å²) in [6.45, 7) is 0. The van der Waals surface area contributed by atoms with Crippen molar-refractivity contribution in [2.45, 2.75) is 0 Å². The minimum Gasteiger partial charge on any atom is -0.408 e. The second-order valence-corrected chi connectivity index (χ2v) is 4.81. The Bertz CT molecular complexity index is 1060. The van der Waals surface area contributed by atoms with E-state index in [9.17, 15) is 9.59 Å². The van der Waals surface area contributed by atoms with Gasteiger partial charge in [0, 0.05) is 17.3 Å². The summed E-state index contributed by atoms with van der Waals surface area (Å²) in [7, 11) is 0. The van der Waals surface area contributed by atoms with Gasteiger partial charge >= 0.3 is 5.76 Å². The quantitative estimate of drug-likeness (QED) is 0.527. The van der Waals surface area contributed by atoms with Crippen molar-refractivity contribution in [1.29, 1.82) is 0 Å². The van der Waals surface area contributed by atoms with Crippen molar-refractivity contribution in [1.82, 2.24) is 15.0 Å². The first kappa shape index (κ1) is 12.4. The summed E-state index contributed by atoms with van der Waals surface area (Å²) in [5.41, 5.74) is 3.62. The third-order valence-corrected chi connectivity index (χ3v) is 3.36. The minimum atomic E-state index is -0.525. The van der Waals surface area contributed by atoms with E-state index >= 15 is 0 Å². The first-order chi connectivity index (χ1) is 10.7. The molecule has 7 nitrogen and oxygen atoms in total. The summed E-state index contributed by atoms with van der Waals surface area (Å²) in [5.74, 6) is -0.781. The fraction of sp³-hybridized carbons (Fsp3) is 0.